The average molecular weight is 389 g/mol. The van der Waals surface area contributed by atoms with E-state index in [4.69, 9.17) is 0 Å². The Hall–Kier alpha value is -1.48. The maximum Gasteiger partial charge on any atom is 0.289 e. The molecule has 2 rings (SSSR count). The van der Waals surface area contributed by atoms with Crippen LogP contribution in [-0.2, 0) is 9.84 Å². The van der Waals surface area contributed by atoms with Crippen molar-refractivity contribution < 1.29 is 13.3 Å². The molecule has 19 heavy (non-hydrogen) atoms. The molecule has 0 aliphatic rings. The normalized spacial score (nSPS) is 11.2. The molecule has 0 saturated heterocycles. The van der Waals surface area contributed by atoms with Crippen molar-refractivity contribution in [1.82, 2.24) is 0 Å². The van der Waals surface area contributed by atoms with Gasteiger partial charge < -0.3 is 0 Å². The lowest BCUT2D eigenvalue weighted by molar-refractivity contribution is -0.387. The fourth-order valence-corrected chi connectivity index (χ4v) is 3.49. The minimum Gasteiger partial charge on any atom is -0.258 e. The summed E-state index contributed by atoms with van der Waals surface area (Å²) in [5.74, 6) is 0. The van der Waals surface area contributed by atoms with Crippen molar-refractivity contribution in [3.05, 3.63) is 62.2 Å². The Kier molecular flexibility index (Phi) is 3.85. The van der Waals surface area contributed by atoms with Crippen LogP contribution in [0.15, 0.2) is 58.3 Å². The lowest BCUT2D eigenvalue weighted by Crippen LogP contribution is -2.05. The first-order valence-corrected chi connectivity index (χ1v) is 7.73. The number of hydrogen-bond donors (Lipinski definition) is 0. The first-order valence-electron chi connectivity index (χ1n) is 5.17. The van der Waals surface area contributed by atoms with Crippen LogP contribution in [-0.4, -0.2) is 13.3 Å². The van der Waals surface area contributed by atoms with Crippen molar-refractivity contribution in [3.8, 4) is 0 Å². The molecule has 0 radical (unpaired) electrons. The van der Waals surface area contributed by atoms with Gasteiger partial charge in [-0.05, 0) is 46.9 Å². The van der Waals surface area contributed by atoms with E-state index in [0.29, 0.717) is 3.57 Å². The molecule has 0 aromatic heterocycles. The average Bonchev–Trinajstić information content (AvgIpc) is 2.39. The lowest BCUT2D eigenvalue weighted by atomic mass is 10.3. The lowest BCUT2D eigenvalue weighted by Gasteiger charge is -2.05. The van der Waals surface area contributed by atoms with E-state index < -0.39 is 20.4 Å². The maximum atomic E-state index is 12.4. The molecule has 0 bridgehead atoms. The monoisotopic (exact) mass is 389 g/mol. The quantitative estimate of drug-likeness (QED) is 0.459. The second-order valence-corrected chi connectivity index (χ2v) is 6.85. The first kappa shape index (κ1) is 13.9. The predicted molar refractivity (Wildman–Crippen MR) is 77.7 cm³/mol. The summed E-state index contributed by atoms with van der Waals surface area (Å²) >= 11 is 1.90. The number of nitrogens with zero attached hydrogens (tertiary/aromatic N) is 1. The van der Waals surface area contributed by atoms with Gasteiger partial charge >= 0.3 is 0 Å². The Morgan fingerprint density at radius 1 is 1.05 bits per heavy atom. The van der Waals surface area contributed by atoms with Crippen LogP contribution in [0.25, 0.3) is 0 Å². The van der Waals surface area contributed by atoms with Gasteiger partial charge in [-0.1, -0.05) is 18.2 Å². The number of nitro benzene ring substituents is 1. The Balaban J connectivity index is 2.69. The minimum absolute atomic E-state index is 0.0410. The second kappa shape index (κ2) is 5.25. The van der Waals surface area contributed by atoms with Crippen LogP contribution >= 0.6 is 22.6 Å². The molecule has 0 aliphatic heterocycles. The molecule has 0 amide bonds. The first-order chi connectivity index (χ1) is 8.93. The van der Waals surface area contributed by atoms with Crippen LogP contribution in [0.4, 0.5) is 5.69 Å². The molecule has 0 saturated carbocycles. The van der Waals surface area contributed by atoms with Gasteiger partial charge in [0.05, 0.1) is 9.82 Å². The number of halogens is 1. The summed E-state index contributed by atoms with van der Waals surface area (Å²) in [6, 6.07) is 11.7. The van der Waals surface area contributed by atoms with Crippen LogP contribution in [0.1, 0.15) is 0 Å². The minimum atomic E-state index is -3.88. The molecule has 0 atom stereocenters. The molecule has 0 unspecified atom stereocenters. The maximum absolute atomic E-state index is 12.4. The number of sulfone groups is 1. The standard InChI is InChI=1S/C12H8INO4S/c13-9-6-7-12(11(8-9)14(15)16)19(17,18)10-4-2-1-3-5-10/h1-8H. The fourth-order valence-electron chi connectivity index (χ4n) is 1.59. The highest BCUT2D eigenvalue weighted by Gasteiger charge is 2.27. The Labute approximate surface area is 123 Å². The highest BCUT2D eigenvalue weighted by Crippen LogP contribution is 2.30. The molecule has 2 aromatic carbocycles. The fraction of sp³-hybridized carbons (Fsp3) is 0. The Morgan fingerprint density at radius 3 is 2.26 bits per heavy atom. The number of benzene rings is 2. The highest BCUT2D eigenvalue weighted by atomic mass is 127. The van der Waals surface area contributed by atoms with E-state index in [1.165, 1.54) is 30.3 Å². The summed E-state index contributed by atoms with van der Waals surface area (Å²) in [7, 11) is -3.88. The van der Waals surface area contributed by atoms with Gasteiger partial charge in [-0.15, -0.1) is 0 Å². The number of nitro groups is 1. The van der Waals surface area contributed by atoms with Crippen molar-refractivity contribution in [2.24, 2.45) is 0 Å². The molecule has 2 aromatic rings. The van der Waals surface area contributed by atoms with Gasteiger partial charge in [0.25, 0.3) is 5.69 Å². The van der Waals surface area contributed by atoms with E-state index in [-0.39, 0.29) is 9.79 Å². The Morgan fingerprint density at radius 2 is 1.68 bits per heavy atom. The summed E-state index contributed by atoms with van der Waals surface area (Å²) in [5, 5.41) is 11.0. The zero-order valence-corrected chi connectivity index (χ0v) is 12.5. The summed E-state index contributed by atoms with van der Waals surface area (Å²) < 4.78 is 25.3. The van der Waals surface area contributed by atoms with E-state index >= 15 is 0 Å². The Bertz CT molecular complexity index is 729. The molecule has 0 spiro atoms. The molecule has 0 N–H and O–H groups in total. The van der Waals surface area contributed by atoms with Gasteiger partial charge in [-0.25, -0.2) is 8.42 Å². The van der Waals surface area contributed by atoms with E-state index in [0.717, 1.165) is 0 Å². The van der Waals surface area contributed by atoms with Gasteiger partial charge in [-0.2, -0.15) is 0 Å². The van der Waals surface area contributed by atoms with Crippen molar-refractivity contribution >= 4 is 38.1 Å². The van der Waals surface area contributed by atoms with E-state index in [1.807, 2.05) is 22.6 Å². The SMILES string of the molecule is O=[N+]([O-])c1cc(I)ccc1S(=O)(=O)c1ccccc1. The summed E-state index contributed by atoms with van der Waals surface area (Å²) in [5.41, 5.74) is -0.407. The summed E-state index contributed by atoms with van der Waals surface area (Å²) in [6.45, 7) is 0. The zero-order valence-electron chi connectivity index (χ0n) is 9.49. The number of rotatable bonds is 3. The van der Waals surface area contributed by atoms with Crippen LogP contribution in [0.3, 0.4) is 0 Å². The summed E-state index contributed by atoms with van der Waals surface area (Å²) in [4.78, 5) is 10.1. The van der Waals surface area contributed by atoms with Crippen molar-refractivity contribution in [2.45, 2.75) is 9.79 Å². The predicted octanol–water partition coefficient (Wildman–Crippen LogP) is 3.03. The van der Waals surface area contributed by atoms with Crippen molar-refractivity contribution in [3.63, 3.8) is 0 Å². The van der Waals surface area contributed by atoms with Crippen LogP contribution < -0.4 is 0 Å². The highest BCUT2D eigenvalue weighted by molar-refractivity contribution is 14.1. The molecule has 7 heteroatoms. The van der Waals surface area contributed by atoms with E-state index in [1.54, 1.807) is 18.2 Å². The molecule has 0 aliphatic carbocycles. The molecule has 98 valence electrons. The molecule has 0 fully saturated rings. The van der Waals surface area contributed by atoms with E-state index in [2.05, 4.69) is 0 Å². The van der Waals surface area contributed by atoms with Crippen molar-refractivity contribution in [2.75, 3.05) is 0 Å². The van der Waals surface area contributed by atoms with Gasteiger partial charge in [0.15, 0.2) is 0 Å². The molecule has 5 nitrogen and oxygen atoms in total. The van der Waals surface area contributed by atoms with Crippen LogP contribution in [0.5, 0.6) is 0 Å². The molecular formula is C12H8INO4S. The topological polar surface area (TPSA) is 77.3 Å². The largest absolute Gasteiger partial charge is 0.289 e. The molecule has 0 heterocycles. The van der Waals surface area contributed by atoms with Crippen LogP contribution in [0.2, 0.25) is 0 Å². The van der Waals surface area contributed by atoms with E-state index in [9.17, 15) is 18.5 Å². The molecular weight excluding hydrogens is 381 g/mol. The summed E-state index contributed by atoms with van der Waals surface area (Å²) in [6.07, 6.45) is 0. The zero-order chi connectivity index (χ0) is 14.0. The van der Waals surface area contributed by atoms with Gasteiger partial charge in [0, 0.05) is 9.64 Å². The van der Waals surface area contributed by atoms with Crippen molar-refractivity contribution in [1.29, 1.82) is 0 Å². The third-order valence-corrected chi connectivity index (χ3v) is 4.95. The smallest absolute Gasteiger partial charge is 0.258 e. The third-order valence-electron chi connectivity index (χ3n) is 2.46. The van der Waals surface area contributed by atoms with Gasteiger partial charge in [0.2, 0.25) is 9.84 Å². The second-order valence-electron chi connectivity index (χ2n) is 3.69. The number of hydrogen-bond acceptors (Lipinski definition) is 4. The van der Waals surface area contributed by atoms with Crippen LogP contribution in [0, 0.1) is 13.7 Å². The third kappa shape index (κ3) is 2.76. The van der Waals surface area contributed by atoms with Gasteiger partial charge in [-0.3, -0.25) is 10.1 Å². The van der Waals surface area contributed by atoms with Gasteiger partial charge in [0.1, 0.15) is 4.90 Å².